The zero-order chi connectivity index (χ0) is 11.7. The first-order valence-corrected chi connectivity index (χ1v) is 6.46. The third kappa shape index (κ3) is 2.38. The van der Waals surface area contributed by atoms with E-state index in [0.29, 0.717) is 24.8 Å². The summed E-state index contributed by atoms with van der Waals surface area (Å²) in [5, 5.41) is 15.4. The molecule has 0 aliphatic carbocycles. The molecule has 5 nitrogen and oxygen atoms in total. The third-order valence-corrected chi connectivity index (χ3v) is 3.67. The normalized spacial score (nSPS) is 21.1. The Hall–Kier alpha value is -1.24. The van der Waals surface area contributed by atoms with E-state index in [1.165, 1.54) is 0 Å². The van der Waals surface area contributed by atoms with E-state index >= 15 is 0 Å². The number of hydrogen-bond donors (Lipinski definition) is 1. The first kappa shape index (κ1) is 10.9. The first-order valence-electron chi connectivity index (χ1n) is 5.58. The van der Waals surface area contributed by atoms with E-state index in [-0.39, 0.29) is 6.10 Å². The molecular weight excluding hydrogens is 238 g/mol. The van der Waals surface area contributed by atoms with Crippen LogP contribution in [0.4, 0.5) is 0 Å². The van der Waals surface area contributed by atoms with Crippen LogP contribution in [0.25, 0.3) is 10.8 Å². The molecule has 6 heteroatoms. The maximum absolute atomic E-state index is 9.43. The topological polar surface area (TPSA) is 62.4 Å². The van der Waals surface area contributed by atoms with Gasteiger partial charge in [-0.25, -0.2) is 0 Å². The Morgan fingerprint density at radius 2 is 2.53 bits per heavy atom. The van der Waals surface area contributed by atoms with Crippen LogP contribution in [0.5, 0.6) is 0 Å². The van der Waals surface area contributed by atoms with E-state index in [1.54, 1.807) is 11.3 Å². The van der Waals surface area contributed by atoms with E-state index < -0.39 is 0 Å². The Morgan fingerprint density at radius 1 is 1.59 bits per heavy atom. The number of hydrogen-bond acceptors (Lipinski definition) is 6. The molecule has 1 fully saturated rings. The lowest BCUT2D eigenvalue weighted by Gasteiger charge is -2.10. The predicted octanol–water partition coefficient (Wildman–Crippen LogP) is 1.36. The highest BCUT2D eigenvalue weighted by molar-refractivity contribution is 7.13. The Morgan fingerprint density at radius 3 is 3.24 bits per heavy atom. The van der Waals surface area contributed by atoms with Crippen molar-refractivity contribution in [3.63, 3.8) is 0 Å². The van der Waals surface area contributed by atoms with Crippen molar-refractivity contribution < 1.29 is 9.63 Å². The number of nitrogens with zero attached hydrogens (tertiary/aromatic N) is 3. The van der Waals surface area contributed by atoms with Crippen molar-refractivity contribution in [2.24, 2.45) is 0 Å². The number of β-amino-alcohol motifs (C(OH)–C–C–N with tert-alkyl or cyclic N) is 1. The number of thiophene rings is 1. The van der Waals surface area contributed by atoms with Gasteiger partial charge in [0, 0.05) is 13.1 Å². The molecule has 0 amide bonds. The summed E-state index contributed by atoms with van der Waals surface area (Å²) >= 11 is 1.58. The van der Waals surface area contributed by atoms with Gasteiger partial charge >= 0.3 is 0 Å². The van der Waals surface area contributed by atoms with E-state index in [9.17, 15) is 5.11 Å². The molecule has 0 spiro atoms. The first-order chi connectivity index (χ1) is 8.31. The average molecular weight is 251 g/mol. The highest BCUT2D eigenvalue weighted by Crippen LogP contribution is 2.23. The SMILES string of the molecule is O[C@H]1CCN(Cc2noc(-c3cccs3)n2)C1. The Bertz CT molecular complexity index is 483. The summed E-state index contributed by atoms with van der Waals surface area (Å²) in [4.78, 5) is 7.47. The Kier molecular flexibility index (Phi) is 2.92. The van der Waals surface area contributed by atoms with Crippen LogP contribution in [0.3, 0.4) is 0 Å². The van der Waals surface area contributed by atoms with Crippen LogP contribution in [0.15, 0.2) is 22.0 Å². The number of aliphatic hydroxyl groups is 1. The molecule has 2 aromatic heterocycles. The van der Waals surface area contributed by atoms with Crippen molar-refractivity contribution in [2.45, 2.75) is 19.1 Å². The van der Waals surface area contributed by atoms with Crippen molar-refractivity contribution in [3.8, 4) is 10.8 Å². The highest BCUT2D eigenvalue weighted by Gasteiger charge is 2.22. The van der Waals surface area contributed by atoms with Crippen molar-refractivity contribution in [3.05, 3.63) is 23.3 Å². The zero-order valence-corrected chi connectivity index (χ0v) is 10.1. The summed E-state index contributed by atoms with van der Waals surface area (Å²) in [5.74, 6) is 1.26. The monoisotopic (exact) mass is 251 g/mol. The second-order valence-electron chi connectivity index (χ2n) is 4.17. The summed E-state index contributed by atoms with van der Waals surface area (Å²) in [6, 6.07) is 3.92. The molecule has 0 saturated carbocycles. The lowest BCUT2D eigenvalue weighted by Crippen LogP contribution is -2.22. The van der Waals surface area contributed by atoms with Gasteiger partial charge in [0.15, 0.2) is 5.82 Å². The van der Waals surface area contributed by atoms with Gasteiger partial charge in [-0.05, 0) is 17.9 Å². The zero-order valence-electron chi connectivity index (χ0n) is 9.24. The Balaban J connectivity index is 1.69. The standard InChI is InChI=1S/C11H13N3O2S/c15-8-3-4-14(6-8)7-10-12-11(16-13-10)9-2-1-5-17-9/h1-2,5,8,15H,3-4,6-7H2/t8-/m0/s1. The van der Waals surface area contributed by atoms with Crippen LogP contribution < -0.4 is 0 Å². The molecule has 0 aromatic carbocycles. The molecule has 90 valence electrons. The van der Waals surface area contributed by atoms with Crippen LogP contribution in [0.2, 0.25) is 0 Å². The number of aromatic nitrogens is 2. The number of likely N-dealkylation sites (tertiary alicyclic amines) is 1. The molecule has 3 rings (SSSR count). The molecule has 17 heavy (non-hydrogen) atoms. The van der Waals surface area contributed by atoms with Crippen LogP contribution in [-0.4, -0.2) is 39.3 Å². The van der Waals surface area contributed by atoms with Crippen molar-refractivity contribution in [1.82, 2.24) is 15.0 Å². The molecule has 0 unspecified atom stereocenters. The van der Waals surface area contributed by atoms with Crippen LogP contribution >= 0.6 is 11.3 Å². The molecule has 1 aliphatic rings. The lowest BCUT2D eigenvalue weighted by atomic mass is 10.3. The van der Waals surface area contributed by atoms with Gasteiger partial charge in [0.2, 0.25) is 0 Å². The van der Waals surface area contributed by atoms with Crippen LogP contribution in [0, 0.1) is 0 Å². The van der Waals surface area contributed by atoms with Gasteiger partial charge in [-0.2, -0.15) is 4.98 Å². The number of aliphatic hydroxyl groups excluding tert-OH is 1. The maximum atomic E-state index is 9.43. The molecule has 0 radical (unpaired) electrons. The van der Waals surface area contributed by atoms with Gasteiger partial charge in [-0.15, -0.1) is 11.3 Å². The molecule has 3 heterocycles. The fraction of sp³-hybridized carbons (Fsp3) is 0.455. The summed E-state index contributed by atoms with van der Waals surface area (Å²) < 4.78 is 5.21. The molecule has 1 atom stereocenters. The van der Waals surface area contributed by atoms with Gasteiger partial charge in [0.05, 0.1) is 17.5 Å². The van der Waals surface area contributed by atoms with E-state index in [4.69, 9.17) is 4.52 Å². The summed E-state index contributed by atoms with van der Waals surface area (Å²) in [7, 11) is 0. The van der Waals surface area contributed by atoms with Crippen molar-refractivity contribution in [2.75, 3.05) is 13.1 Å². The smallest absolute Gasteiger partial charge is 0.268 e. The van der Waals surface area contributed by atoms with Crippen molar-refractivity contribution in [1.29, 1.82) is 0 Å². The molecule has 0 bridgehead atoms. The summed E-state index contributed by atoms with van der Waals surface area (Å²) in [6.07, 6.45) is 0.619. The number of rotatable bonds is 3. The molecule has 1 aliphatic heterocycles. The minimum absolute atomic E-state index is 0.210. The summed E-state index contributed by atoms with van der Waals surface area (Å²) in [5.41, 5.74) is 0. The Labute approximate surface area is 103 Å². The molecule has 1 saturated heterocycles. The molecule has 2 aromatic rings. The average Bonchev–Trinajstić information content (AvgIpc) is 3.00. The fourth-order valence-electron chi connectivity index (χ4n) is 1.97. The fourth-order valence-corrected chi connectivity index (χ4v) is 2.62. The van der Waals surface area contributed by atoms with Gasteiger partial charge in [0.25, 0.3) is 5.89 Å². The predicted molar refractivity (Wildman–Crippen MR) is 63.5 cm³/mol. The van der Waals surface area contributed by atoms with Gasteiger partial charge in [0.1, 0.15) is 0 Å². The largest absolute Gasteiger partial charge is 0.392 e. The second kappa shape index (κ2) is 4.56. The van der Waals surface area contributed by atoms with Crippen LogP contribution in [0.1, 0.15) is 12.2 Å². The van der Waals surface area contributed by atoms with Crippen LogP contribution in [-0.2, 0) is 6.54 Å². The quantitative estimate of drug-likeness (QED) is 0.892. The van der Waals surface area contributed by atoms with Gasteiger partial charge in [-0.1, -0.05) is 11.2 Å². The van der Waals surface area contributed by atoms with Gasteiger partial charge < -0.3 is 9.63 Å². The van der Waals surface area contributed by atoms with E-state index in [2.05, 4.69) is 15.0 Å². The van der Waals surface area contributed by atoms with E-state index in [1.807, 2.05) is 17.5 Å². The van der Waals surface area contributed by atoms with Crippen molar-refractivity contribution >= 4 is 11.3 Å². The minimum Gasteiger partial charge on any atom is -0.392 e. The lowest BCUT2D eigenvalue weighted by molar-refractivity contribution is 0.173. The van der Waals surface area contributed by atoms with Gasteiger partial charge in [-0.3, -0.25) is 4.90 Å². The summed E-state index contributed by atoms with van der Waals surface area (Å²) in [6.45, 7) is 2.23. The third-order valence-electron chi connectivity index (χ3n) is 2.81. The molecular formula is C11H13N3O2S. The van der Waals surface area contributed by atoms with E-state index in [0.717, 1.165) is 17.8 Å². The maximum Gasteiger partial charge on any atom is 0.268 e. The minimum atomic E-state index is -0.210. The second-order valence-corrected chi connectivity index (χ2v) is 5.12. The highest BCUT2D eigenvalue weighted by atomic mass is 32.1. The molecule has 1 N–H and O–H groups in total.